The van der Waals surface area contributed by atoms with Crippen LogP contribution in [-0.2, 0) is 4.79 Å². The minimum absolute atomic E-state index is 0.187. The van der Waals surface area contributed by atoms with Crippen molar-refractivity contribution >= 4 is 28.5 Å². The molecule has 0 aliphatic rings. The normalized spacial score (nSPS) is 12.3. The van der Waals surface area contributed by atoms with Crippen molar-refractivity contribution in [1.82, 2.24) is 10.3 Å². The molecule has 3 N–H and O–H groups in total. The van der Waals surface area contributed by atoms with E-state index in [9.17, 15) is 9.59 Å². The number of nitrogens with one attached hydrogen (secondary N) is 2. The van der Waals surface area contributed by atoms with Gasteiger partial charge < -0.3 is 10.4 Å². The minimum atomic E-state index is -1.05. The molecule has 1 aromatic heterocycles. The monoisotopic (exact) mass is 271 g/mol. The predicted molar refractivity (Wildman–Crippen MR) is 70.0 cm³/mol. The number of hydrogen-bond donors (Lipinski definition) is 3. The first-order valence-electron chi connectivity index (χ1n) is 5.55. The number of thiazole rings is 1. The second kappa shape index (κ2) is 5.81. The molecular weight excluding hydrogens is 254 g/mol. The molecule has 1 unspecified atom stereocenters. The molecule has 1 atom stereocenters. The van der Waals surface area contributed by atoms with Crippen LogP contribution in [0, 0.1) is 19.8 Å². The first-order chi connectivity index (χ1) is 8.31. The Labute approximate surface area is 109 Å². The SMILES string of the molecule is Cc1nc(NC(=O)NC(C(=O)O)C(C)C)sc1C. The fraction of sp³-hybridized carbons (Fsp3) is 0.545. The van der Waals surface area contributed by atoms with Crippen molar-refractivity contribution < 1.29 is 14.7 Å². The van der Waals surface area contributed by atoms with Crippen LogP contribution in [-0.4, -0.2) is 28.1 Å². The van der Waals surface area contributed by atoms with Crippen molar-refractivity contribution in [3.8, 4) is 0 Å². The number of urea groups is 1. The lowest BCUT2D eigenvalue weighted by Crippen LogP contribution is -2.46. The van der Waals surface area contributed by atoms with Crippen LogP contribution in [0.1, 0.15) is 24.4 Å². The summed E-state index contributed by atoms with van der Waals surface area (Å²) in [5, 5.41) is 14.4. The van der Waals surface area contributed by atoms with Crippen molar-refractivity contribution in [2.45, 2.75) is 33.7 Å². The van der Waals surface area contributed by atoms with Gasteiger partial charge in [-0.2, -0.15) is 0 Å². The fourth-order valence-corrected chi connectivity index (χ4v) is 2.12. The molecule has 18 heavy (non-hydrogen) atoms. The molecule has 1 rings (SSSR count). The highest BCUT2D eigenvalue weighted by molar-refractivity contribution is 7.15. The van der Waals surface area contributed by atoms with E-state index >= 15 is 0 Å². The van der Waals surface area contributed by atoms with Crippen molar-refractivity contribution in [2.75, 3.05) is 5.32 Å². The van der Waals surface area contributed by atoms with Gasteiger partial charge in [-0.05, 0) is 19.8 Å². The Bertz CT molecular complexity index is 437. The Morgan fingerprint density at radius 3 is 2.33 bits per heavy atom. The molecule has 0 saturated carbocycles. The Hall–Kier alpha value is -1.63. The lowest BCUT2D eigenvalue weighted by Gasteiger charge is -2.17. The number of aryl methyl sites for hydroxylation is 2. The summed E-state index contributed by atoms with van der Waals surface area (Å²) >= 11 is 1.36. The topological polar surface area (TPSA) is 91.3 Å². The van der Waals surface area contributed by atoms with E-state index in [1.807, 2.05) is 13.8 Å². The van der Waals surface area contributed by atoms with E-state index < -0.39 is 18.0 Å². The van der Waals surface area contributed by atoms with Crippen LogP contribution in [0.5, 0.6) is 0 Å². The number of carboxylic acid groups (broad SMARTS) is 1. The van der Waals surface area contributed by atoms with Crippen molar-refractivity contribution in [1.29, 1.82) is 0 Å². The molecule has 0 radical (unpaired) electrons. The Balaban J connectivity index is 2.63. The zero-order chi connectivity index (χ0) is 13.9. The van der Waals surface area contributed by atoms with Gasteiger partial charge in [0.1, 0.15) is 6.04 Å². The highest BCUT2D eigenvalue weighted by Crippen LogP contribution is 2.20. The van der Waals surface area contributed by atoms with Gasteiger partial charge in [0.25, 0.3) is 0 Å². The van der Waals surface area contributed by atoms with Crippen LogP contribution in [0.25, 0.3) is 0 Å². The van der Waals surface area contributed by atoms with E-state index in [0.717, 1.165) is 10.6 Å². The van der Waals surface area contributed by atoms with Crippen molar-refractivity contribution in [2.24, 2.45) is 5.92 Å². The molecule has 6 nitrogen and oxygen atoms in total. The number of nitrogens with zero attached hydrogens (tertiary/aromatic N) is 1. The third kappa shape index (κ3) is 3.69. The van der Waals surface area contributed by atoms with E-state index in [1.54, 1.807) is 13.8 Å². The zero-order valence-electron chi connectivity index (χ0n) is 10.8. The molecule has 0 aliphatic carbocycles. The van der Waals surface area contributed by atoms with Crippen molar-refractivity contribution in [3.63, 3.8) is 0 Å². The molecule has 100 valence electrons. The second-order valence-electron chi connectivity index (χ2n) is 4.32. The Kier molecular flexibility index (Phi) is 4.66. The summed E-state index contributed by atoms with van der Waals surface area (Å²) in [6.07, 6.45) is 0. The first-order valence-corrected chi connectivity index (χ1v) is 6.37. The number of hydrogen-bond acceptors (Lipinski definition) is 4. The molecule has 1 aromatic rings. The second-order valence-corrected chi connectivity index (χ2v) is 5.52. The largest absolute Gasteiger partial charge is 0.480 e. The van der Waals surface area contributed by atoms with Gasteiger partial charge in [-0.1, -0.05) is 13.8 Å². The molecule has 7 heteroatoms. The maximum atomic E-state index is 11.6. The quantitative estimate of drug-likeness (QED) is 0.781. The van der Waals surface area contributed by atoms with Crippen LogP contribution in [0.2, 0.25) is 0 Å². The maximum Gasteiger partial charge on any atom is 0.326 e. The van der Waals surface area contributed by atoms with Gasteiger partial charge in [0.15, 0.2) is 5.13 Å². The highest BCUT2D eigenvalue weighted by Gasteiger charge is 2.23. The Morgan fingerprint density at radius 1 is 1.33 bits per heavy atom. The average molecular weight is 271 g/mol. The van der Waals surface area contributed by atoms with Crippen LogP contribution in [0.3, 0.4) is 0 Å². The number of carbonyl (C=O) groups excluding carboxylic acids is 1. The number of amides is 2. The molecule has 0 saturated heterocycles. The first kappa shape index (κ1) is 14.4. The molecule has 0 aromatic carbocycles. The average Bonchev–Trinajstić information content (AvgIpc) is 2.53. The van der Waals surface area contributed by atoms with Gasteiger partial charge in [-0.3, -0.25) is 5.32 Å². The Morgan fingerprint density at radius 2 is 1.94 bits per heavy atom. The number of anilines is 1. The van der Waals surface area contributed by atoms with Gasteiger partial charge in [0, 0.05) is 4.88 Å². The molecule has 1 heterocycles. The van der Waals surface area contributed by atoms with Crippen LogP contribution >= 0.6 is 11.3 Å². The molecule has 0 aliphatic heterocycles. The summed E-state index contributed by atoms with van der Waals surface area (Å²) in [4.78, 5) is 27.7. The number of aliphatic carboxylic acids is 1. The summed E-state index contributed by atoms with van der Waals surface area (Å²) in [7, 11) is 0. The summed E-state index contributed by atoms with van der Waals surface area (Å²) in [6.45, 7) is 7.22. The summed E-state index contributed by atoms with van der Waals surface area (Å²) in [5.74, 6) is -1.24. The van der Waals surface area contributed by atoms with Crippen LogP contribution in [0.4, 0.5) is 9.93 Å². The van der Waals surface area contributed by atoms with Gasteiger partial charge >= 0.3 is 12.0 Å². The molecule has 0 bridgehead atoms. The number of aromatic nitrogens is 1. The third-order valence-corrected chi connectivity index (χ3v) is 3.46. The molecule has 2 amide bonds. The third-order valence-electron chi connectivity index (χ3n) is 2.47. The van der Waals surface area contributed by atoms with E-state index in [1.165, 1.54) is 11.3 Å². The smallest absolute Gasteiger partial charge is 0.326 e. The molecular formula is C11H17N3O3S. The minimum Gasteiger partial charge on any atom is -0.480 e. The standard InChI is InChI=1S/C11H17N3O3S/c1-5(2)8(9(15)16)13-10(17)14-11-12-6(3)7(4)18-11/h5,8H,1-4H3,(H,15,16)(H2,12,13,14,17). The predicted octanol–water partition coefficient (Wildman–Crippen LogP) is 1.99. The summed E-state index contributed by atoms with van der Waals surface area (Å²) in [6, 6.07) is -1.46. The number of rotatable bonds is 4. The molecule has 0 spiro atoms. The zero-order valence-corrected chi connectivity index (χ0v) is 11.6. The van der Waals surface area contributed by atoms with E-state index in [0.29, 0.717) is 5.13 Å². The van der Waals surface area contributed by atoms with Gasteiger partial charge in [0.05, 0.1) is 5.69 Å². The lowest BCUT2D eigenvalue weighted by molar-refractivity contribution is -0.140. The van der Waals surface area contributed by atoms with E-state index in [2.05, 4.69) is 15.6 Å². The lowest BCUT2D eigenvalue weighted by atomic mass is 10.1. The highest BCUT2D eigenvalue weighted by atomic mass is 32.1. The van der Waals surface area contributed by atoms with E-state index in [-0.39, 0.29) is 5.92 Å². The van der Waals surface area contributed by atoms with Crippen LogP contribution < -0.4 is 10.6 Å². The van der Waals surface area contributed by atoms with Gasteiger partial charge in [-0.15, -0.1) is 11.3 Å². The summed E-state index contributed by atoms with van der Waals surface area (Å²) in [5.41, 5.74) is 0.856. The van der Waals surface area contributed by atoms with Gasteiger partial charge in [0.2, 0.25) is 0 Å². The van der Waals surface area contributed by atoms with Gasteiger partial charge in [-0.25, -0.2) is 14.6 Å². The van der Waals surface area contributed by atoms with Crippen LogP contribution in [0.15, 0.2) is 0 Å². The summed E-state index contributed by atoms with van der Waals surface area (Å²) < 4.78 is 0. The number of carbonyl (C=O) groups is 2. The van der Waals surface area contributed by atoms with Crippen molar-refractivity contribution in [3.05, 3.63) is 10.6 Å². The molecule has 0 fully saturated rings. The maximum absolute atomic E-state index is 11.6. The van der Waals surface area contributed by atoms with E-state index in [4.69, 9.17) is 5.11 Å². The fourth-order valence-electron chi connectivity index (χ4n) is 1.31. The number of carboxylic acids is 1.